The second-order valence-electron chi connectivity index (χ2n) is 10.1. The van der Waals surface area contributed by atoms with Crippen molar-refractivity contribution in [2.75, 3.05) is 7.11 Å². The predicted molar refractivity (Wildman–Crippen MR) is 160 cm³/mol. The van der Waals surface area contributed by atoms with Crippen molar-refractivity contribution < 1.29 is 9.84 Å². The van der Waals surface area contributed by atoms with Gasteiger partial charge in [0.1, 0.15) is 11.5 Å². The van der Waals surface area contributed by atoms with Crippen molar-refractivity contribution in [2.24, 2.45) is 0 Å². The van der Waals surface area contributed by atoms with Crippen molar-refractivity contribution in [3.63, 3.8) is 0 Å². The Morgan fingerprint density at radius 2 is 1.27 bits per heavy atom. The fourth-order valence-electron chi connectivity index (χ4n) is 4.97. The smallest absolute Gasteiger partial charge is 0.167 e. The van der Waals surface area contributed by atoms with Crippen LogP contribution in [0.4, 0.5) is 0 Å². The van der Waals surface area contributed by atoms with E-state index in [-0.39, 0.29) is 11.2 Å². The van der Waals surface area contributed by atoms with Gasteiger partial charge in [0, 0.05) is 22.6 Å². The number of nitrogens with zero attached hydrogens (tertiary/aromatic N) is 3. The van der Waals surface area contributed by atoms with Gasteiger partial charge in [-0.3, -0.25) is 0 Å². The average molecular weight is 524 g/mol. The van der Waals surface area contributed by atoms with Crippen molar-refractivity contribution in [1.29, 1.82) is 0 Å². The molecule has 1 unspecified atom stereocenters. The van der Waals surface area contributed by atoms with E-state index in [0.717, 1.165) is 28.7 Å². The molecule has 1 aliphatic rings. The Hall–Kier alpha value is -5.03. The van der Waals surface area contributed by atoms with Crippen molar-refractivity contribution in [1.82, 2.24) is 15.0 Å². The van der Waals surface area contributed by atoms with Crippen LogP contribution >= 0.6 is 0 Å². The lowest BCUT2D eigenvalue weighted by Gasteiger charge is -2.27. The van der Waals surface area contributed by atoms with Gasteiger partial charge in [0.25, 0.3) is 0 Å². The average Bonchev–Trinajstić information content (AvgIpc) is 3.02. The zero-order valence-electron chi connectivity index (χ0n) is 22.5. The molecule has 5 heteroatoms. The van der Waals surface area contributed by atoms with Gasteiger partial charge in [-0.1, -0.05) is 110 Å². The lowest BCUT2D eigenvalue weighted by atomic mass is 9.77. The number of hydrogen-bond acceptors (Lipinski definition) is 5. The molecule has 40 heavy (non-hydrogen) atoms. The maximum absolute atomic E-state index is 10.8. The van der Waals surface area contributed by atoms with Crippen LogP contribution in [0.1, 0.15) is 18.9 Å². The van der Waals surface area contributed by atoms with Crippen LogP contribution in [0.15, 0.2) is 121 Å². The van der Waals surface area contributed by atoms with Crippen molar-refractivity contribution in [3.05, 3.63) is 127 Å². The van der Waals surface area contributed by atoms with Crippen LogP contribution in [0.25, 0.3) is 45.3 Å². The second-order valence-corrected chi connectivity index (χ2v) is 10.1. The van der Waals surface area contributed by atoms with E-state index in [1.807, 2.05) is 30.3 Å². The van der Waals surface area contributed by atoms with Crippen LogP contribution < -0.4 is 4.74 Å². The van der Waals surface area contributed by atoms with E-state index >= 15 is 0 Å². The summed E-state index contributed by atoms with van der Waals surface area (Å²) in [6, 6.07) is 31.9. The Kier molecular flexibility index (Phi) is 6.71. The molecule has 0 aliphatic heterocycles. The third kappa shape index (κ3) is 5.02. The molecule has 6 rings (SSSR count). The Morgan fingerprint density at radius 3 is 1.88 bits per heavy atom. The molecule has 1 aliphatic carbocycles. The second kappa shape index (κ2) is 10.6. The van der Waals surface area contributed by atoms with Gasteiger partial charge >= 0.3 is 0 Å². The molecule has 1 N–H and O–H groups in total. The number of allylic oxidation sites excluding steroid dienone is 4. The van der Waals surface area contributed by atoms with Gasteiger partial charge in [0.15, 0.2) is 17.5 Å². The summed E-state index contributed by atoms with van der Waals surface area (Å²) in [5.41, 5.74) is 5.69. The van der Waals surface area contributed by atoms with Gasteiger partial charge in [0.2, 0.25) is 0 Å². The number of aromatic nitrogens is 3. The van der Waals surface area contributed by atoms with Gasteiger partial charge in [-0.2, -0.15) is 0 Å². The zero-order valence-corrected chi connectivity index (χ0v) is 22.5. The molecule has 0 spiro atoms. The van der Waals surface area contributed by atoms with E-state index in [1.54, 1.807) is 25.3 Å². The number of rotatable bonds is 6. The summed E-state index contributed by atoms with van der Waals surface area (Å²) in [5, 5.41) is 10.8. The van der Waals surface area contributed by atoms with Crippen LogP contribution in [0.3, 0.4) is 0 Å². The molecular formula is C35H29N3O2. The van der Waals surface area contributed by atoms with Gasteiger partial charge in [-0.15, -0.1) is 0 Å². The molecule has 0 radical (unpaired) electrons. The van der Waals surface area contributed by atoms with Crippen molar-refractivity contribution in [3.8, 4) is 56.8 Å². The summed E-state index contributed by atoms with van der Waals surface area (Å²) in [6.45, 7) is 2.24. The first-order valence-electron chi connectivity index (χ1n) is 13.3. The molecule has 5 aromatic rings. The van der Waals surface area contributed by atoms with Gasteiger partial charge < -0.3 is 9.84 Å². The normalized spacial score (nSPS) is 16.1. The van der Waals surface area contributed by atoms with E-state index in [0.29, 0.717) is 28.8 Å². The number of benzene rings is 4. The van der Waals surface area contributed by atoms with Crippen LogP contribution in [0.2, 0.25) is 0 Å². The molecular weight excluding hydrogens is 494 g/mol. The third-order valence-corrected chi connectivity index (χ3v) is 7.39. The maximum Gasteiger partial charge on any atom is 0.167 e. The van der Waals surface area contributed by atoms with E-state index in [4.69, 9.17) is 19.7 Å². The number of phenols is 1. The Bertz CT molecular complexity index is 1710. The molecule has 5 nitrogen and oxygen atoms in total. The minimum absolute atomic E-state index is 0.0436. The largest absolute Gasteiger partial charge is 0.507 e. The van der Waals surface area contributed by atoms with E-state index in [9.17, 15) is 5.11 Å². The number of hydrogen-bond donors (Lipinski definition) is 1. The van der Waals surface area contributed by atoms with Crippen LogP contribution in [0.5, 0.6) is 11.5 Å². The quantitative estimate of drug-likeness (QED) is 0.244. The SMILES string of the molecule is COc1ccc(-c2nc(-c3ccc(-c4ccccc4)cc3)nc(-c3ccc(C4(C)C=CC=CC4)cc3)n2)c(O)c1. The summed E-state index contributed by atoms with van der Waals surface area (Å²) in [4.78, 5) is 14.4. The third-order valence-electron chi connectivity index (χ3n) is 7.39. The molecule has 0 bridgehead atoms. The van der Waals surface area contributed by atoms with Gasteiger partial charge in [-0.05, 0) is 35.2 Å². The van der Waals surface area contributed by atoms with Crippen molar-refractivity contribution in [2.45, 2.75) is 18.8 Å². The van der Waals surface area contributed by atoms with Crippen LogP contribution in [-0.2, 0) is 5.41 Å². The molecule has 4 aromatic carbocycles. The number of aromatic hydroxyl groups is 1. The highest BCUT2D eigenvalue weighted by atomic mass is 16.5. The molecule has 0 fully saturated rings. The molecule has 0 amide bonds. The zero-order chi connectivity index (χ0) is 27.5. The van der Waals surface area contributed by atoms with Gasteiger partial charge in [-0.25, -0.2) is 15.0 Å². The number of phenolic OH excluding ortho intramolecular Hbond substituents is 1. The monoisotopic (exact) mass is 523 g/mol. The first kappa shape index (κ1) is 25.3. The summed E-state index contributed by atoms with van der Waals surface area (Å²) in [7, 11) is 1.57. The summed E-state index contributed by atoms with van der Waals surface area (Å²) in [6.07, 6.45) is 9.59. The number of methoxy groups -OCH3 is 1. The van der Waals surface area contributed by atoms with E-state index in [2.05, 4.69) is 79.8 Å². The first-order valence-corrected chi connectivity index (χ1v) is 13.3. The Balaban J connectivity index is 1.43. The lowest BCUT2D eigenvalue weighted by molar-refractivity contribution is 0.408. The Morgan fingerprint density at radius 1 is 0.675 bits per heavy atom. The molecule has 1 atom stereocenters. The number of ether oxygens (including phenoxy) is 1. The molecule has 196 valence electrons. The molecule has 0 saturated heterocycles. The summed E-state index contributed by atoms with van der Waals surface area (Å²) < 4.78 is 5.27. The fraction of sp³-hybridized carbons (Fsp3) is 0.114. The summed E-state index contributed by atoms with van der Waals surface area (Å²) >= 11 is 0. The minimum atomic E-state index is -0.0436. The fourth-order valence-corrected chi connectivity index (χ4v) is 4.97. The van der Waals surface area contributed by atoms with Crippen LogP contribution in [0, 0.1) is 0 Å². The topological polar surface area (TPSA) is 68.1 Å². The molecule has 1 heterocycles. The Labute approximate surface area is 234 Å². The maximum atomic E-state index is 10.8. The highest BCUT2D eigenvalue weighted by Crippen LogP contribution is 2.35. The summed E-state index contributed by atoms with van der Waals surface area (Å²) in [5.74, 6) is 2.07. The van der Waals surface area contributed by atoms with E-state index < -0.39 is 0 Å². The highest BCUT2D eigenvalue weighted by Gasteiger charge is 2.23. The van der Waals surface area contributed by atoms with Crippen LogP contribution in [-0.4, -0.2) is 27.2 Å². The lowest BCUT2D eigenvalue weighted by Crippen LogP contribution is -2.19. The highest BCUT2D eigenvalue weighted by molar-refractivity contribution is 5.72. The van der Waals surface area contributed by atoms with Gasteiger partial charge in [0.05, 0.1) is 12.7 Å². The minimum Gasteiger partial charge on any atom is -0.507 e. The molecule has 1 aromatic heterocycles. The molecule has 0 saturated carbocycles. The van der Waals surface area contributed by atoms with Crippen molar-refractivity contribution >= 4 is 0 Å². The predicted octanol–water partition coefficient (Wildman–Crippen LogP) is 8.03. The first-order chi connectivity index (χ1) is 19.5. The van der Waals surface area contributed by atoms with E-state index in [1.165, 1.54) is 5.56 Å². The standard InChI is InChI=1S/C35H29N3O2/c1-35(21-7-4-8-22-35)28-17-15-27(16-18-28)33-36-32(26-13-11-25(12-14-26)24-9-5-3-6-10-24)37-34(38-33)30-20-19-29(40-2)23-31(30)39/h3-21,23,39H,22H2,1-2H3.